The number of aromatic nitrogens is 1. The van der Waals surface area contributed by atoms with Crippen LogP contribution < -0.4 is 15.0 Å². The van der Waals surface area contributed by atoms with Crippen molar-refractivity contribution in [2.75, 3.05) is 23.9 Å². The van der Waals surface area contributed by atoms with Crippen molar-refractivity contribution in [2.24, 2.45) is 0 Å². The topological polar surface area (TPSA) is 74.7 Å². The lowest BCUT2D eigenvalue weighted by Gasteiger charge is -2.26. The maximum atomic E-state index is 13.2. The number of hydrogen-bond acceptors (Lipinski definition) is 5. The van der Waals surface area contributed by atoms with Gasteiger partial charge >= 0.3 is 5.97 Å². The molecule has 2 aromatic carbocycles. The summed E-state index contributed by atoms with van der Waals surface area (Å²) in [5, 5.41) is 12.1. The molecule has 0 aliphatic carbocycles. The molecule has 0 fully saturated rings. The van der Waals surface area contributed by atoms with Crippen LogP contribution in [0.15, 0.2) is 60.9 Å². The van der Waals surface area contributed by atoms with Crippen LogP contribution in [0.3, 0.4) is 0 Å². The molecule has 1 aliphatic rings. The molecule has 4 rings (SSSR count). The minimum Gasteiger partial charge on any atom is -0.493 e. The maximum absolute atomic E-state index is 13.2. The van der Waals surface area contributed by atoms with Crippen LogP contribution in [0.5, 0.6) is 5.75 Å². The van der Waals surface area contributed by atoms with Crippen LogP contribution in [-0.4, -0.2) is 29.7 Å². The Bertz CT molecular complexity index is 1170. The number of aromatic carboxylic acids is 1. The number of halogens is 1. The number of nitrogens with one attached hydrogen (secondary N) is 1. The third-order valence-electron chi connectivity index (χ3n) is 5.13. The van der Waals surface area contributed by atoms with Crippen molar-refractivity contribution in [3.8, 4) is 17.7 Å². The van der Waals surface area contributed by atoms with E-state index in [2.05, 4.69) is 22.3 Å². The summed E-state index contributed by atoms with van der Waals surface area (Å²) in [5.41, 5.74) is 3.22. The first-order chi connectivity index (χ1) is 15.0. The quantitative estimate of drug-likeness (QED) is 0.476. The molecule has 1 aliphatic heterocycles. The Morgan fingerprint density at radius 2 is 2.00 bits per heavy atom. The van der Waals surface area contributed by atoms with Gasteiger partial charge in [0.05, 0.1) is 30.0 Å². The SMILES string of the molecule is CN(c1ccc(F)cc1)c1ccc2c(c1)OCCC2C#CNc1cnccc1C(=O)O. The zero-order valence-corrected chi connectivity index (χ0v) is 16.8. The average Bonchev–Trinajstić information content (AvgIpc) is 2.79. The molecule has 0 spiro atoms. The molecule has 0 radical (unpaired) electrons. The van der Waals surface area contributed by atoms with Crippen LogP contribution in [0, 0.1) is 17.8 Å². The fourth-order valence-electron chi connectivity index (χ4n) is 3.42. The highest BCUT2D eigenvalue weighted by Crippen LogP contribution is 2.37. The Labute approximate surface area is 179 Å². The van der Waals surface area contributed by atoms with Gasteiger partial charge in [-0.3, -0.25) is 4.98 Å². The number of benzene rings is 2. The fraction of sp³-hybridized carbons (Fsp3) is 0.167. The molecule has 6 nitrogen and oxygen atoms in total. The third-order valence-corrected chi connectivity index (χ3v) is 5.13. The predicted octanol–water partition coefficient (Wildman–Crippen LogP) is 4.63. The molecule has 156 valence electrons. The second-order valence-electron chi connectivity index (χ2n) is 7.07. The van der Waals surface area contributed by atoms with E-state index in [-0.39, 0.29) is 17.3 Å². The van der Waals surface area contributed by atoms with Crippen LogP contribution >= 0.6 is 0 Å². The van der Waals surface area contributed by atoms with Gasteiger partial charge in [0.2, 0.25) is 0 Å². The minimum absolute atomic E-state index is 0.0497. The first-order valence-corrected chi connectivity index (χ1v) is 9.73. The van der Waals surface area contributed by atoms with E-state index < -0.39 is 5.97 Å². The second-order valence-corrected chi connectivity index (χ2v) is 7.07. The lowest BCUT2D eigenvalue weighted by atomic mass is 9.93. The Morgan fingerprint density at radius 1 is 1.23 bits per heavy atom. The van der Waals surface area contributed by atoms with Gasteiger partial charge in [0, 0.05) is 42.3 Å². The van der Waals surface area contributed by atoms with Gasteiger partial charge in [-0.05, 0) is 42.8 Å². The van der Waals surface area contributed by atoms with Gasteiger partial charge in [-0.1, -0.05) is 12.0 Å². The van der Waals surface area contributed by atoms with Crippen molar-refractivity contribution in [2.45, 2.75) is 12.3 Å². The number of pyridine rings is 1. The number of rotatable bonds is 4. The molecule has 7 heteroatoms. The van der Waals surface area contributed by atoms with Crippen LogP contribution in [0.1, 0.15) is 28.3 Å². The molecule has 31 heavy (non-hydrogen) atoms. The van der Waals surface area contributed by atoms with Crippen LogP contribution in [0.2, 0.25) is 0 Å². The minimum atomic E-state index is -1.04. The first-order valence-electron chi connectivity index (χ1n) is 9.73. The van der Waals surface area contributed by atoms with Gasteiger partial charge in [-0.2, -0.15) is 0 Å². The number of hydrogen-bond donors (Lipinski definition) is 2. The Morgan fingerprint density at radius 3 is 2.77 bits per heavy atom. The molecule has 0 saturated carbocycles. The van der Waals surface area contributed by atoms with Gasteiger partial charge < -0.3 is 20.1 Å². The van der Waals surface area contributed by atoms with E-state index in [1.807, 2.05) is 30.1 Å². The number of ether oxygens (including phenoxy) is 1. The van der Waals surface area contributed by atoms with Gasteiger partial charge in [0.15, 0.2) is 0 Å². The number of carboxylic acids is 1. The number of fused-ring (bicyclic) bond motifs is 1. The average molecular weight is 417 g/mol. The molecule has 2 N–H and O–H groups in total. The predicted molar refractivity (Wildman–Crippen MR) is 116 cm³/mol. The van der Waals surface area contributed by atoms with E-state index in [1.165, 1.54) is 30.6 Å². The van der Waals surface area contributed by atoms with Gasteiger partial charge in [-0.15, -0.1) is 0 Å². The fourth-order valence-corrected chi connectivity index (χ4v) is 3.42. The highest BCUT2D eigenvalue weighted by Gasteiger charge is 2.21. The molecule has 2 heterocycles. The van der Waals surface area contributed by atoms with E-state index in [9.17, 15) is 14.3 Å². The normalized spacial score (nSPS) is 14.5. The Balaban J connectivity index is 1.54. The smallest absolute Gasteiger partial charge is 0.337 e. The zero-order valence-electron chi connectivity index (χ0n) is 16.8. The largest absolute Gasteiger partial charge is 0.493 e. The van der Waals surface area contributed by atoms with Crippen LogP contribution in [0.25, 0.3) is 0 Å². The highest BCUT2D eigenvalue weighted by atomic mass is 19.1. The number of anilines is 3. The lowest BCUT2D eigenvalue weighted by molar-refractivity contribution is 0.0698. The molecular weight excluding hydrogens is 397 g/mol. The van der Waals surface area contributed by atoms with Crippen LogP contribution in [0.4, 0.5) is 21.5 Å². The molecule has 1 aromatic heterocycles. The van der Waals surface area contributed by atoms with Crippen molar-refractivity contribution in [3.05, 3.63) is 77.9 Å². The molecule has 0 saturated heterocycles. The summed E-state index contributed by atoms with van der Waals surface area (Å²) in [5.74, 6) is 2.55. The summed E-state index contributed by atoms with van der Waals surface area (Å²) < 4.78 is 19.1. The number of carbonyl (C=O) groups is 1. The zero-order chi connectivity index (χ0) is 21.8. The van der Waals surface area contributed by atoms with E-state index in [0.717, 1.165) is 29.1 Å². The van der Waals surface area contributed by atoms with Gasteiger partial charge in [0.1, 0.15) is 11.6 Å². The van der Waals surface area contributed by atoms with E-state index in [1.54, 1.807) is 12.1 Å². The van der Waals surface area contributed by atoms with Crippen molar-refractivity contribution >= 4 is 23.0 Å². The Hall–Kier alpha value is -4.05. The Kier molecular flexibility index (Phi) is 5.72. The number of carboxylic acid groups (broad SMARTS) is 1. The summed E-state index contributed by atoms with van der Waals surface area (Å²) >= 11 is 0. The van der Waals surface area contributed by atoms with Gasteiger partial charge in [0.25, 0.3) is 0 Å². The summed E-state index contributed by atoms with van der Waals surface area (Å²) in [6.07, 6.45) is 3.60. The first kappa shape index (κ1) is 20.2. The van der Waals surface area contributed by atoms with Crippen LogP contribution in [-0.2, 0) is 0 Å². The molecule has 1 unspecified atom stereocenters. The molecule has 0 amide bonds. The van der Waals surface area contributed by atoms with Crippen molar-refractivity contribution in [1.29, 1.82) is 0 Å². The van der Waals surface area contributed by atoms with Gasteiger partial charge in [-0.25, -0.2) is 9.18 Å². The summed E-state index contributed by atoms with van der Waals surface area (Å²) in [7, 11) is 1.91. The standard InChI is InChI=1S/C24H20FN3O3/c1-28(18-4-2-17(25)3-5-18)19-6-7-20-16(10-13-31-23(20)14-19)8-12-27-22-15-26-11-9-21(22)24(29)30/h2-7,9,11,14-16,27H,10,13H2,1H3,(H,29,30). The van der Waals surface area contributed by atoms with E-state index in [4.69, 9.17) is 4.74 Å². The highest BCUT2D eigenvalue weighted by molar-refractivity contribution is 5.94. The number of nitrogens with zero attached hydrogens (tertiary/aromatic N) is 2. The maximum Gasteiger partial charge on any atom is 0.337 e. The molecule has 1 atom stereocenters. The third kappa shape index (κ3) is 4.43. The molecule has 0 bridgehead atoms. The second kappa shape index (κ2) is 8.76. The lowest BCUT2D eigenvalue weighted by Crippen LogP contribution is -2.15. The van der Waals surface area contributed by atoms with Crippen molar-refractivity contribution in [3.63, 3.8) is 0 Å². The van der Waals surface area contributed by atoms with E-state index >= 15 is 0 Å². The monoisotopic (exact) mass is 417 g/mol. The van der Waals surface area contributed by atoms with Crippen molar-refractivity contribution in [1.82, 2.24) is 4.98 Å². The molecule has 3 aromatic rings. The van der Waals surface area contributed by atoms with Crippen molar-refractivity contribution < 1.29 is 19.0 Å². The summed E-state index contributed by atoms with van der Waals surface area (Å²) in [4.78, 5) is 17.2. The summed E-state index contributed by atoms with van der Waals surface area (Å²) in [6, 6.07) is 16.5. The van der Waals surface area contributed by atoms with E-state index in [0.29, 0.717) is 12.3 Å². The molecular formula is C24H20FN3O3. The summed E-state index contributed by atoms with van der Waals surface area (Å²) in [6.45, 7) is 0.531.